The molecular weight excluding hydrogens is 339 g/mol. The first-order valence-corrected chi connectivity index (χ1v) is 7.47. The van der Waals surface area contributed by atoms with Gasteiger partial charge in [-0.05, 0) is 23.8 Å². The molecule has 0 amide bonds. The number of halogens is 2. The van der Waals surface area contributed by atoms with Crippen LogP contribution in [0.2, 0.25) is 0 Å². The molecule has 0 radical (unpaired) electrons. The van der Waals surface area contributed by atoms with Crippen molar-refractivity contribution in [2.75, 3.05) is 20.3 Å². The zero-order chi connectivity index (χ0) is 14.8. The van der Waals surface area contributed by atoms with Crippen molar-refractivity contribution < 1.29 is 18.6 Å². The lowest BCUT2D eigenvalue weighted by molar-refractivity contribution is 0.171. The van der Waals surface area contributed by atoms with Gasteiger partial charge in [0.05, 0.1) is 11.9 Å². The maximum Gasteiger partial charge on any atom is 0.161 e. The largest absolute Gasteiger partial charge is 0.497 e. The zero-order valence-corrected chi connectivity index (χ0v) is 13.0. The van der Waals surface area contributed by atoms with E-state index < -0.39 is 0 Å². The van der Waals surface area contributed by atoms with E-state index in [0.29, 0.717) is 30.3 Å². The molecule has 0 N–H and O–H groups in total. The molecule has 1 atom stereocenters. The third-order valence-electron chi connectivity index (χ3n) is 3.34. The van der Waals surface area contributed by atoms with Crippen LogP contribution in [-0.2, 0) is 0 Å². The van der Waals surface area contributed by atoms with Crippen molar-refractivity contribution in [1.29, 1.82) is 0 Å². The predicted octanol–water partition coefficient (Wildman–Crippen LogP) is 4.09. The smallest absolute Gasteiger partial charge is 0.161 e. The summed E-state index contributed by atoms with van der Waals surface area (Å²) in [6.45, 7) is 1.08. The normalized spacial score (nSPS) is 14.6. The Balaban J connectivity index is 1.93. The van der Waals surface area contributed by atoms with Gasteiger partial charge in [0, 0.05) is 11.6 Å². The van der Waals surface area contributed by atoms with E-state index in [1.807, 2.05) is 18.2 Å². The van der Waals surface area contributed by atoms with E-state index in [9.17, 15) is 4.39 Å². The minimum absolute atomic E-state index is 0.265. The van der Waals surface area contributed by atoms with Gasteiger partial charge in [0.2, 0.25) is 0 Å². The van der Waals surface area contributed by atoms with E-state index in [-0.39, 0.29) is 10.6 Å². The molecule has 3 nitrogen and oxygen atoms in total. The molecule has 1 aliphatic rings. The highest BCUT2D eigenvalue weighted by molar-refractivity contribution is 9.09. The van der Waals surface area contributed by atoms with Gasteiger partial charge in [0.25, 0.3) is 0 Å². The lowest BCUT2D eigenvalue weighted by atomic mass is 10.0. The highest BCUT2D eigenvalue weighted by Gasteiger charge is 2.19. The molecule has 3 rings (SSSR count). The molecule has 1 heterocycles. The summed E-state index contributed by atoms with van der Waals surface area (Å²) in [6.07, 6.45) is 0. The van der Waals surface area contributed by atoms with Crippen LogP contribution in [0.4, 0.5) is 4.39 Å². The third kappa shape index (κ3) is 2.83. The summed E-state index contributed by atoms with van der Waals surface area (Å²) in [5.41, 5.74) is 1.45. The molecule has 0 aliphatic carbocycles. The second-order valence-corrected chi connectivity index (χ2v) is 5.57. The summed E-state index contributed by atoms with van der Waals surface area (Å²) in [6, 6.07) is 10.4. The Labute approximate surface area is 130 Å². The molecule has 0 saturated heterocycles. The fourth-order valence-corrected chi connectivity index (χ4v) is 2.89. The second kappa shape index (κ2) is 5.93. The van der Waals surface area contributed by atoms with Gasteiger partial charge < -0.3 is 14.2 Å². The van der Waals surface area contributed by atoms with Crippen LogP contribution in [-0.4, -0.2) is 20.3 Å². The van der Waals surface area contributed by atoms with Gasteiger partial charge in [0.15, 0.2) is 11.5 Å². The molecule has 0 saturated carbocycles. The van der Waals surface area contributed by atoms with Gasteiger partial charge in [-0.1, -0.05) is 28.1 Å². The van der Waals surface area contributed by atoms with Crippen molar-refractivity contribution in [2.24, 2.45) is 0 Å². The van der Waals surface area contributed by atoms with E-state index >= 15 is 0 Å². The van der Waals surface area contributed by atoms with E-state index in [4.69, 9.17) is 14.2 Å². The van der Waals surface area contributed by atoms with E-state index in [1.165, 1.54) is 13.2 Å². The van der Waals surface area contributed by atoms with Gasteiger partial charge in [0.1, 0.15) is 24.8 Å². The fourth-order valence-electron chi connectivity index (χ4n) is 2.24. The summed E-state index contributed by atoms with van der Waals surface area (Å²) >= 11 is 3.54. The number of hydrogen-bond donors (Lipinski definition) is 0. The first-order valence-electron chi connectivity index (χ1n) is 6.56. The molecule has 5 heteroatoms. The molecule has 110 valence electrons. The first kappa shape index (κ1) is 14.2. The topological polar surface area (TPSA) is 27.7 Å². The minimum Gasteiger partial charge on any atom is -0.497 e. The lowest BCUT2D eigenvalue weighted by Crippen LogP contribution is -2.15. The predicted molar refractivity (Wildman–Crippen MR) is 81.2 cm³/mol. The van der Waals surface area contributed by atoms with E-state index in [1.54, 1.807) is 12.1 Å². The molecule has 2 aromatic rings. The van der Waals surface area contributed by atoms with Crippen LogP contribution in [0.15, 0.2) is 36.4 Å². The highest BCUT2D eigenvalue weighted by atomic mass is 79.9. The summed E-state index contributed by atoms with van der Waals surface area (Å²) in [7, 11) is 1.51. The van der Waals surface area contributed by atoms with Crippen LogP contribution in [0.5, 0.6) is 17.2 Å². The maximum absolute atomic E-state index is 14.1. The van der Waals surface area contributed by atoms with Gasteiger partial charge in [-0.15, -0.1) is 0 Å². The Morgan fingerprint density at radius 1 is 1.10 bits per heavy atom. The van der Waals surface area contributed by atoms with Crippen LogP contribution < -0.4 is 14.2 Å². The van der Waals surface area contributed by atoms with Crippen LogP contribution in [0.25, 0.3) is 0 Å². The van der Waals surface area contributed by atoms with Crippen LogP contribution >= 0.6 is 15.9 Å². The van der Waals surface area contributed by atoms with E-state index in [0.717, 1.165) is 11.3 Å². The van der Waals surface area contributed by atoms with Crippen molar-refractivity contribution in [3.63, 3.8) is 0 Å². The summed E-state index contributed by atoms with van der Waals surface area (Å²) in [5, 5.41) is 0. The standard InChI is InChI=1S/C16H14BrFO3/c1-19-11-3-4-12(13(18)9-11)16(17)10-2-5-14-15(8-10)21-7-6-20-14/h2-5,8-9,16H,6-7H2,1H3. The molecule has 0 aromatic heterocycles. The van der Waals surface area contributed by atoms with Gasteiger partial charge in [-0.2, -0.15) is 0 Å². The van der Waals surface area contributed by atoms with Gasteiger partial charge in [-0.25, -0.2) is 4.39 Å². The molecule has 2 aromatic carbocycles. The van der Waals surface area contributed by atoms with Crippen LogP contribution in [0.3, 0.4) is 0 Å². The highest BCUT2D eigenvalue weighted by Crippen LogP contribution is 2.39. The van der Waals surface area contributed by atoms with E-state index in [2.05, 4.69) is 15.9 Å². The van der Waals surface area contributed by atoms with Crippen molar-refractivity contribution in [1.82, 2.24) is 0 Å². The zero-order valence-electron chi connectivity index (χ0n) is 11.4. The summed E-state index contributed by atoms with van der Waals surface area (Å²) in [5.74, 6) is 1.60. The molecule has 0 bridgehead atoms. The number of benzene rings is 2. The second-order valence-electron chi connectivity index (χ2n) is 4.65. The van der Waals surface area contributed by atoms with Gasteiger partial charge in [-0.3, -0.25) is 0 Å². The number of fused-ring (bicyclic) bond motifs is 1. The third-order valence-corrected chi connectivity index (χ3v) is 4.36. The Morgan fingerprint density at radius 3 is 2.57 bits per heavy atom. The Bertz CT molecular complexity index is 660. The van der Waals surface area contributed by atoms with Crippen LogP contribution in [0.1, 0.15) is 16.0 Å². The molecule has 0 spiro atoms. The SMILES string of the molecule is COc1ccc(C(Br)c2ccc3c(c2)OCCO3)c(F)c1. The lowest BCUT2D eigenvalue weighted by Gasteiger charge is -2.20. The first-order chi connectivity index (χ1) is 10.2. The molecule has 21 heavy (non-hydrogen) atoms. The number of rotatable bonds is 3. The Morgan fingerprint density at radius 2 is 1.86 bits per heavy atom. The minimum atomic E-state index is -0.314. The monoisotopic (exact) mass is 352 g/mol. The van der Waals surface area contributed by atoms with Crippen molar-refractivity contribution in [2.45, 2.75) is 4.83 Å². The fraction of sp³-hybridized carbons (Fsp3) is 0.250. The number of methoxy groups -OCH3 is 1. The Hall–Kier alpha value is -1.75. The average molecular weight is 353 g/mol. The van der Waals surface area contributed by atoms with Crippen molar-refractivity contribution in [3.05, 3.63) is 53.3 Å². The number of ether oxygens (including phenoxy) is 3. The van der Waals surface area contributed by atoms with Gasteiger partial charge >= 0.3 is 0 Å². The number of hydrogen-bond acceptors (Lipinski definition) is 3. The number of alkyl halides is 1. The summed E-state index contributed by atoms with van der Waals surface area (Å²) < 4.78 is 30.2. The average Bonchev–Trinajstić information content (AvgIpc) is 2.53. The van der Waals surface area contributed by atoms with Crippen molar-refractivity contribution >= 4 is 15.9 Å². The molecule has 1 aliphatic heterocycles. The quantitative estimate of drug-likeness (QED) is 0.778. The summed E-state index contributed by atoms with van der Waals surface area (Å²) in [4.78, 5) is -0.265. The molecule has 0 fully saturated rings. The molecular formula is C16H14BrFO3. The van der Waals surface area contributed by atoms with Crippen LogP contribution in [0, 0.1) is 5.82 Å². The molecule has 1 unspecified atom stereocenters. The van der Waals surface area contributed by atoms with Crippen molar-refractivity contribution in [3.8, 4) is 17.2 Å². The maximum atomic E-state index is 14.1. The Kier molecular flexibility index (Phi) is 4.01.